The van der Waals surface area contributed by atoms with E-state index in [1.807, 2.05) is 19.0 Å². The maximum atomic E-state index is 13.0. The molecule has 0 radical (unpaired) electrons. The molecule has 46 heavy (non-hydrogen) atoms. The third kappa shape index (κ3) is 6.33. The first-order chi connectivity index (χ1) is 21.8. The number of rotatable bonds is 10. The second-order valence-electron chi connectivity index (χ2n) is 10.4. The van der Waals surface area contributed by atoms with Crippen LogP contribution in [-0.4, -0.2) is 109 Å². The highest BCUT2D eigenvalue weighted by atomic mass is 16.2. The second-order valence-corrected chi connectivity index (χ2v) is 10.4. The zero-order valence-electron chi connectivity index (χ0n) is 25.6. The topological polar surface area (TPSA) is 238 Å². The van der Waals surface area contributed by atoms with E-state index >= 15 is 0 Å². The first-order valence-electron chi connectivity index (χ1n) is 13.6. The highest BCUT2D eigenvalue weighted by Crippen LogP contribution is 2.15. The second kappa shape index (κ2) is 12.4. The van der Waals surface area contributed by atoms with Crippen molar-refractivity contribution in [1.29, 1.82) is 0 Å². The lowest BCUT2D eigenvalue weighted by atomic mass is 10.4. The number of aromatic nitrogens is 11. The predicted octanol–water partition coefficient (Wildman–Crippen LogP) is -1.93. The van der Waals surface area contributed by atoms with E-state index in [-0.39, 0.29) is 52.2 Å². The summed E-state index contributed by atoms with van der Waals surface area (Å²) in [5.41, 5.74) is -0.745. The van der Waals surface area contributed by atoms with Gasteiger partial charge in [0, 0.05) is 59.9 Å². The SMILES string of the molecule is CN(C)CCNC(=O)c1nc(NC(=O)c2nc(NC(=O)c3nc(NC(=O)c4ncn5c(=O)n(C)nnc45)cn3C)cn2C)cn1C. The van der Waals surface area contributed by atoms with Crippen LogP contribution in [0.1, 0.15) is 42.3 Å². The first kappa shape index (κ1) is 31.2. The van der Waals surface area contributed by atoms with E-state index in [4.69, 9.17) is 0 Å². The minimum atomic E-state index is -0.722. The standard InChI is InChI=1S/C25H30N16O5/c1-36(2)8-7-26-22(43)18-28-14(10-37(18)3)32-24(45)20-30-15(11-39(20)5)33-23(44)19-29-13(9-38(19)4)31-21(42)16-17-34-35-40(6)25(46)41(17)12-27-16/h9-12H,7-8H2,1-6H3,(H,26,43)(H,31,42)(H,32,45)(H,33,44). The molecular weight excluding hydrogens is 604 g/mol. The Kier molecular flexibility index (Phi) is 8.40. The average Bonchev–Trinajstić information content (AvgIpc) is 3.76. The average molecular weight is 635 g/mol. The van der Waals surface area contributed by atoms with Crippen molar-refractivity contribution in [3.8, 4) is 0 Å². The number of hydrogen-bond acceptors (Lipinski definition) is 12. The molecule has 0 saturated carbocycles. The summed E-state index contributed by atoms with van der Waals surface area (Å²) in [5, 5.41) is 18.0. The molecule has 240 valence electrons. The van der Waals surface area contributed by atoms with Gasteiger partial charge in [0.25, 0.3) is 23.6 Å². The van der Waals surface area contributed by atoms with Crippen LogP contribution in [0.3, 0.4) is 0 Å². The van der Waals surface area contributed by atoms with Crippen molar-refractivity contribution in [3.05, 3.63) is 58.6 Å². The Bertz CT molecular complexity index is 2040. The summed E-state index contributed by atoms with van der Waals surface area (Å²) in [6, 6.07) is 0. The molecule has 0 aliphatic carbocycles. The summed E-state index contributed by atoms with van der Waals surface area (Å²) in [6.45, 7) is 1.08. The number of amides is 4. The molecule has 5 heterocycles. The molecule has 0 bridgehead atoms. The van der Waals surface area contributed by atoms with E-state index in [0.717, 1.165) is 15.4 Å². The number of carbonyl (C=O) groups excluding carboxylic acids is 4. The molecular formula is C25H30N16O5. The van der Waals surface area contributed by atoms with Crippen LogP contribution in [0.25, 0.3) is 5.65 Å². The van der Waals surface area contributed by atoms with Gasteiger partial charge in [0.05, 0.1) is 0 Å². The van der Waals surface area contributed by atoms with Gasteiger partial charge >= 0.3 is 5.69 Å². The maximum absolute atomic E-state index is 13.0. The van der Waals surface area contributed by atoms with Crippen LogP contribution in [0.15, 0.2) is 29.7 Å². The van der Waals surface area contributed by atoms with Crippen molar-refractivity contribution in [2.45, 2.75) is 0 Å². The van der Waals surface area contributed by atoms with Gasteiger partial charge in [-0.25, -0.2) is 29.1 Å². The highest BCUT2D eigenvalue weighted by molar-refractivity contribution is 6.07. The van der Waals surface area contributed by atoms with Gasteiger partial charge in [-0.1, -0.05) is 5.21 Å². The fraction of sp³-hybridized carbons (Fsp3) is 0.320. The lowest BCUT2D eigenvalue weighted by molar-refractivity contribution is 0.0935. The molecule has 5 rings (SSSR count). The van der Waals surface area contributed by atoms with Crippen molar-refractivity contribution in [2.24, 2.45) is 28.2 Å². The van der Waals surface area contributed by atoms with E-state index in [2.05, 4.69) is 51.5 Å². The normalized spacial score (nSPS) is 11.2. The number of nitrogens with zero attached hydrogens (tertiary/aromatic N) is 12. The fourth-order valence-electron chi connectivity index (χ4n) is 4.25. The summed E-state index contributed by atoms with van der Waals surface area (Å²) < 4.78 is 6.32. The van der Waals surface area contributed by atoms with Crippen LogP contribution in [-0.2, 0) is 28.2 Å². The summed E-state index contributed by atoms with van der Waals surface area (Å²) >= 11 is 0. The van der Waals surface area contributed by atoms with Gasteiger partial charge in [0.1, 0.15) is 6.33 Å². The molecule has 0 saturated heterocycles. The summed E-state index contributed by atoms with van der Waals surface area (Å²) in [7, 11) is 9.92. The number of anilines is 3. The van der Waals surface area contributed by atoms with Gasteiger partial charge in [0.2, 0.25) is 17.5 Å². The number of aryl methyl sites for hydroxylation is 4. The van der Waals surface area contributed by atoms with Crippen LogP contribution in [0.2, 0.25) is 0 Å². The van der Waals surface area contributed by atoms with Crippen LogP contribution in [0.5, 0.6) is 0 Å². The van der Waals surface area contributed by atoms with Crippen LogP contribution in [0, 0.1) is 0 Å². The van der Waals surface area contributed by atoms with Crippen molar-refractivity contribution >= 4 is 46.7 Å². The Morgan fingerprint density at radius 1 is 0.739 bits per heavy atom. The maximum Gasteiger partial charge on any atom is 0.352 e. The first-order valence-corrected chi connectivity index (χ1v) is 13.6. The van der Waals surface area contributed by atoms with Crippen LogP contribution < -0.4 is 27.0 Å². The van der Waals surface area contributed by atoms with Gasteiger partial charge in [0.15, 0.2) is 28.8 Å². The van der Waals surface area contributed by atoms with E-state index in [1.54, 1.807) is 21.1 Å². The molecule has 4 N–H and O–H groups in total. The van der Waals surface area contributed by atoms with Crippen molar-refractivity contribution in [3.63, 3.8) is 0 Å². The minimum Gasteiger partial charge on any atom is -0.348 e. The lowest BCUT2D eigenvalue weighted by Gasteiger charge is -2.09. The molecule has 5 aromatic heterocycles. The quantitative estimate of drug-likeness (QED) is 0.131. The monoisotopic (exact) mass is 634 g/mol. The predicted molar refractivity (Wildman–Crippen MR) is 160 cm³/mol. The third-order valence-corrected chi connectivity index (χ3v) is 6.52. The molecule has 0 aromatic carbocycles. The molecule has 0 atom stereocenters. The number of carbonyl (C=O) groups is 4. The fourth-order valence-corrected chi connectivity index (χ4v) is 4.25. The summed E-state index contributed by atoms with van der Waals surface area (Å²) in [6.07, 6.45) is 5.47. The van der Waals surface area contributed by atoms with Crippen molar-refractivity contribution in [1.82, 2.24) is 63.2 Å². The van der Waals surface area contributed by atoms with Gasteiger partial charge in [-0.05, 0) is 14.1 Å². The molecule has 0 unspecified atom stereocenters. The molecule has 0 fully saturated rings. The number of nitrogens with one attached hydrogen (secondary N) is 4. The van der Waals surface area contributed by atoms with E-state index < -0.39 is 23.4 Å². The van der Waals surface area contributed by atoms with Crippen molar-refractivity contribution < 1.29 is 19.2 Å². The summed E-state index contributed by atoms with van der Waals surface area (Å²) in [5.74, 6) is -2.21. The van der Waals surface area contributed by atoms with E-state index in [9.17, 15) is 24.0 Å². The zero-order valence-corrected chi connectivity index (χ0v) is 25.6. The van der Waals surface area contributed by atoms with Crippen LogP contribution >= 0.6 is 0 Å². The molecule has 0 spiro atoms. The Hall–Kier alpha value is -6.25. The Morgan fingerprint density at radius 3 is 1.72 bits per heavy atom. The Morgan fingerprint density at radius 2 is 1.22 bits per heavy atom. The molecule has 21 nitrogen and oxygen atoms in total. The Labute approximate surface area is 259 Å². The zero-order chi connectivity index (χ0) is 33.3. The molecule has 4 amide bonds. The van der Waals surface area contributed by atoms with Gasteiger partial charge in [-0.3, -0.25) is 19.2 Å². The Balaban J connectivity index is 1.23. The van der Waals surface area contributed by atoms with Gasteiger partial charge in [-0.2, -0.15) is 4.68 Å². The third-order valence-electron chi connectivity index (χ3n) is 6.52. The lowest BCUT2D eigenvalue weighted by Crippen LogP contribution is -2.32. The minimum absolute atomic E-state index is 0.0257. The molecule has 21 heteroatoms. The highest BCUT2D eigenvalue weighted by Gasteiger charge is 2.23. The van der Waals surface area contributed by atoms with Gasteiger partial charge < -0.3 is 39.9 Å². The van der Waals surface area contributed by atoms with Crippen LogP contribution in [0.4, 0.5) is 17.5 Å². The molecule has 0 aliphatic heterocycles. The number of imidazole rings is 4. The number of fused-ring (bicyclic) bond motifs is 1. The smallest absolute Gasteiger partial charge is 0.348 e. The molecule has 0 aliphatic rings. The summed E-state index contributed by atoms with van der Waals surface area (Å²) in [4.78, 5) is 81.9. The largest absolute Gasteiger partial charge is 0.352 e. The molecule has 5 aromatic rings. The van der Waals surface area contributed by atoms with E-state index in [0.29, 0.717) is 13.1 Å². The van der Waals surface area contributed by atoms with Gasteiger partial charge in [-0.15, -0.1) is 5.10 Å². The number of hydrogen-bond donors (Lipinski definition) is 4. The van der Waals surface area contributed by atoms with Crippen molar-refractivity contribution in [2.75, 3.05) is 43.1 Å². The number of likely N-dealkylation sites (N-methyl/N-ethyl adjacent to an activating group) is 1. The van der Waals surface area contributed by atoms with E-state index in [1.165, 1.54) is 39.3 Å².